The molecule has 2 rings (SSSR count). The molecule has 0 unspecified atom stereocenters. The highest BCUT2D eigenvalue weighted by Gasteiger charge is 2.03. The molecule has 0 spiro atoms. The summed E-state index contributed by atoms with van der Waals surface area (Å²) in [6, 6.07) is 0. The lowest BCUT2D eigenvalue weighted by atomic mass is 10.6. The predicted octanol–water partition coefficient (Wildman–Crippen LogP) is 0.108. The zero-order valence-electron chi connectivity index (χ0n) is 6.92. The minimum Gasteiger partial charge on any atom is -0.263 e. The Morgan fingerprint density at radius 2 is 2.38 bits per heavy atom. The van der Waals surface area contributed by atoms with Crippen molar-refractivity contribution in [3.05, 3.63) is 23.2 Å². The van der Waals surface area contributed by atoms with E-state index in [0.29, 0.717) is 11.6 Å². The Morgan fingerprint density at radius 3 is 2.92 bits per heavy atom. The third-order valence-electron chi connectivity index (χ3n) is 1.61. The molecule has 2 aromatic heterocycles. The van der Waals surface area contributed by atoms with Gasteiger partial charge in [0.1, 0.15) is 6.54 Å². The van der Waals surface area contributed by atoms with Crippen molar-refractivity contribution < 1.29 is 0 Å². The summed E-state index contributed by atoms with van der Waals surface area (Å²) < 4.78 is 3.27. The molecule has 0 N–H and O–H groups in total. The average Bonchev–Trinajstić information content (AvgIpc) is 2.64. The summed E-state index contributed by atoms with van der Waals surface area (Å²) >= 11 is 5.70. The lowest BCUT2D eigenvalue weighted by Crippen LogP contribution is -2.06. The fourth-order valence-corrected chi connectivity index (χ4v) is 1.11. The topological polar surface area (TPSA) is 61.4 Å². The Labute approximate surface area is 79.1 Å². The fourth-order valence-electron chi connectivity index (χ4n) is 0.952. The van der Waals surface area contributed by atoms with Crippen LogP contribution in [-0.4, -0.2) is 30.0 Å². The normalized spacial score (nSPS) is 10.6. The molecular formula is C6H7ClN6. The van der Waals surface area contributed by atoms with Gasteiger partial charge in [-0.15, -0.1) is 5.10 Å². The predicted molar refractivity (Wildman–Crippen MR) is 45.1 cm³/mol. The second-order valence-electron chi connectivity index (χ2n) is 2.57. The molecule has 0 radical (unpaired) electrons. The Bertz CT molecular complexity index is 405. The Balaban J connectivity index is 2.19. The van der Waals surface area contributed by atoms with E-state index >= 15 is 0 Å². The van der Waals surface area contributed by atoms with Gasteiger partial charge < -0.3 is 0 Å². The van der Waals surface area contributed by atoms with Crippen LogP contribution in [0.5, 0.6) is 0 Å². The number of aromatic nitrogens is 6. The summed E-state index contributed by atoms with van der Waals surface area (Å²) in [7, 11) is 1.78. The highest BCUT2D eigenvalue weighted by molar-refractivity contribution is 6.30. The van der Waals surface area contributed by atoms with Gasteiger partial charge in [-0.25, -0.2) is 4.68 Å². The zero-order chi connectivity index (χ0) is 9.26. The van der Waals surface area contributed by atoms with Gasteiger partial charge >= 0.3 is 0 Å². The summed E-state index contributed by atoms with van der Waals surface area (Å²) in [5.41, 5.74) is 0. The molecule has 0 aliphatic heterocycles. The molecular weight excluding hydrogens is 192 g/mol. The molecule has 6 nitrogen and oxygen atoms in total. The molecule has 0 atom stereocenters. The first kappa shape index (κ1) is 8.18. The van der Waals surface area contributed by atoms with Gasteiger partial charge in [0.2, 0.25) is 0 Å². The van der Waals surface area contributed by atoms with Crippen LogP contribution < -0.4 is 0 Å². The van der Waals surface area contributed by atoms with E-state index in [1.165, 1.54) is 0 Å². The van der Waals surface area contributed by atoms with Gasteiger partial charge in [-0.2, -0.15) is 5.10 Å². The van der Waals surface area contributed by atoms with Gasteiger partial charge in [0, 0.05) is 13.2 Å². The third kappa shape index (κ3) is 1.67. The van der Waals surface area contributed by atoms with Crippen molar-refractivity contribution >= 4 is 11.6 Å². The van der Waals surface area contributed by atoms with Crippen molar-refractivity contribution in [3.8, 4) is 0 Å². The third-order valence-corrected chi connectivity index (χ3v) is 1.81. The molecule has 0 aromatic carbocycles. The Kier molecular flexibility index (Phi) is 1.97. The molecule has 0 fully saturated rings. The summed E-state index contributed by atoms with van der Waals surface area (Å²) in [6.45, 7) is 0.524. The fraction of sp³-hybridized carbons (Fsp3) is 0.333. The van der Waals surface area contributed by atoms with E-state index in [2.05, 4.69) is 20.6 Å². The molecule has 2 aromatic rings. The molecule has 0 aliphatic rings. The van der Waals surface area contributed by atoms with Crippen molar-refractivity contribution in [2.45, 2.75) is 6.54 Å². The van der Waals surface area contributed by atoms with E-state index in [1.54, 1.807) is 28.8 Å². The van der Waals surface area contributed by atoms with Gasteiger partial charge in [-0.05, 0) is 10.4 Å². The number of tetrazole rings is 1. The van der Waals surface area contributed by atoms with Crippen LogP contribution in [0.15, 0.2) is 12.4 Å². The average molecular weight is 199 g/mol. The second-order valence-corrected chi connectivity index (χ2v) is 3.01. The molecule has 0 saturated carbocycles. The molecule has 2 heterocycles. The monoisotopic (exact) mass is 198 g/mol. The van der Waals surface area contributed by atoms with Crippen LogP contribution >= 0.6 is 11.6 Å². The van der Waals surface area contributed by atoms with Crippen LogP contribution in [0.2, 0.25) is 5.02 Å². The van der Waals surface area contributed by atoms with E-state index in [-0.39, 0.29) is 0 Å². The van der Waals surface area contributed by atoms with E-state index < -0.39 is 0 Å². The second kappa shape index (κ2) is 3.14. The van der Waals surface area contributed by atoms with E-state index in [1.807, 2.05) is 0 Å². The van der Waals surface area contributed by atoms with E-state index in [0.717, 1.165) is 5.82 Å². The van der Waals surface area contributed by atoms with Gasteiger partial charge in [-0.1, -0.05) is 11.6 Å². The summed E-state index contributed by atoms with van der Waals surface area (Å²) in [5, 5.41) is 15.6. The maximum absolute atomic E-state index is 5.70. The zero-order valence-corrected chi connectivity index (χ0v) is 7.68. The van der Waals surface area contributed by atoms with Crippen LogP contribution in [0.25, 0.3) is 0 Å². The number of nitrogens with zero attached hydrogens (tertiary/aromatic N) is 6. The lowest BCUT2D eigenvalue weighted by Gasteiger charge is -1.97. The smallest absolute Gasteiger partial charge is 0.172 e. The largest absolute Gasteiger partial charge is 0.263 e. The maximum atomic E-state index is 5.70. The summed E-state index contributed by atoms with van der Waals surface area (Å²) in [4.78, 5) is 0. The van der Waals surface area contributed by atoms with Gasteiger partial charge in [-0.3, -0.25) is 4.68 Å². The van der Waals surface area contributed by atoms with Crippen molar-refractivity contribution in [2.75, 3.05) is 0 Å². The lowest BCUT2D eigenvalue weighted by molar-refractivity contribution is 0.605. The van der Waals surface area contributed by atoms with Crippen molar-refractivity contribution in [1.82, 2.24) is 30.0 Å². The van der Waals surface area contributed by atoms with Crippen molar-refractivity contribution in [2.24, 2.45) is 7.05 Å². The number of halogens is 1. The number of rotatable bonds is 2. The standard InChI is InChI=1S/C6H7ClN6/c1-12-6(9-10-11-12)4-13-3-5(7)2-8-13/h2-3H,4H2,1H3. The number of aryl methyl sites for hydroxylation is 1. The summed E-state index contributed by atoms with van der Waals surface area (Å²) in [6.07, 6.45) is 3.29. The maximum Gasteiger partial charge on any atom is 0.172 e. The first-order valence-electron chi connectivity index (χ1n) is 3.65. The first-order chi connectivity index (χ1) is 6.25. The minimum atomic E-state index is 0.524. The highest BCUT2D eigenvalue weighted by atomic mass is 35.5. The van der Waals surface area contributed by atoms with Crippen LogP contribution in [0.4, 0.5) is 0 Å². The van der Waals surface area contributed by atoms with Crippen molar-refractivity contribution in [3.63, 3.8) is 0 Å². The number of hydrogen-bond acceptors (Lipinski definition) is 4. The first-order valence-corrected chi connectivity index (χ1v) is 4.02. The van der Waals surface area contributed by atoms with Crippen molar-refractivity contribution in [1.29, 1.82) is 0 Å². The van der Waals surface area contributed by atoms with E-state index in [4.69, 9.17) is 11.6 Å². The van der Waals surface area contributed by atoms with Crippen LogP contribution in [0.3, 0.4) is 0 Å². The quantitative estimate of drug-likeness (QED) is 0.687. The van der Waals surface area contributed by atoms with E-state index in [9.17, 15) is 0 Å². The summed E-state index contributed by atoms with van der Waals surface area (Å²) in [5.74, 6) is 0.736. The Hall–Kier alpha value is -1.43. The highest BCUT2D eigenvalue weighted by Crippen LogP contribution is 2.05. The SMILES string of the molecule is Cn1nnnc1Cn1cc(Cl)cn1. The molecule has 7 heteroatoms. The number of hydrogen-bond donors (Lipinski definition) is 0. The minimum absolute atomic E-state index is 0.524. The molecule has 68 valence electrons. The Morgan fingerprint density at radius 1 is 1.54 bits per heavy atom. The molecule has 0 bridgehead atoms. The van der Waals surface area contributed by atoms with Gasteiger partial charge in [0.05, 0.1) is 11.2 Å². The van der Waals surface area contributed by atoms with Gasteiger partial charge in [0.25, 0.3) is 0 Å². The van der Waals surface area contributed by atoms with Crippen LogP contribution in [0, 0.1) is 0 Å². The van der Waals surface area contributed by atoms with Crippen LogP contribution in [0.1, 0.15) is 5.82 Å². The molecule has 0 saturated heterocycles. The van der Waals surface area contributed by atoms with Crippen LogP contribution in [-0.2, 0) is 13.6 Å². The van der Waals surface area contributed by atoms with Gasteiger partial charge in [0.15, 0.2) is 5.82 Å². The molecule has 0 amide bonds. The molecule has 13 heavy (non-hydrogen) atoms. The molecule has 0 aliphatic carbocycles.